The second kappa shape index (κ2) is 8.80. The number of nitrogens with one attached hydrogen (secondary N) is 1. The van der Waals surface area contributed by atoms with E-state index >= 15 is 0 Å². The molecule has 0 saturated carbocycles. The van der Waals surface area contributed by atoms with Gasteiger partial charge in [0.25, 0.3) is 0 Å². The van der Waals surface area contributed by atoms with Crippen LogP contribution in [-0.2, 0) is 11.2 Å². The Morgan fingerprint density at radius 1 is 1.12 bits per heavy atom. The zero-order valence-electron chi connectivity index (χ0n) is 18.0. The van der Waals surface area contributed by atoms with E-state index in [2.05, 4.69) is 27.9 Å². The molecule has 0 aliphatic carbocycles. The van der Waals surface area contributed by atoms with Crippen molar-refractivity contribution in [2.24, 2.45) is 0 Å². The predicted molar refractivity (Wildman–Crippen MR) is 134 cm³/mol. The van der Waals surface area contributed by atoms with E-state index in [1.807, 2.05) is 73.1 Å². The molecule has 3 heterocycles. The van der Waals surface area contributed by atoms with Gasteiger partial charge < -0.3 is 5.32 Å². The maximum Gasteiger partial charge on any atom is 0.230 e. The largest absolute Gasteiger partial charge is 0.326 e. The van der Waals surface area contributed by atoms with Crippen LogP contribution in [0.5, 0.6) is 0 Å². The van der Waals surface area contributed by atoms with Crippen LogP contribution in [0, 0.1) is 6.92 Å². The molecular formula is C26H21N5OS. The smallest absolute Gasteiger partial charge is 0.230 e. The van der Waals surface area contributed by atoms with Crippen LogP contribution in [0.3, 0.4) is 0 Å². The van der Waals surface area contributed by atoms with E-state index in [-0.39, 0.29) is 12.3 Å². The first-order valence-electron chi connectivity index (χ1n) is 10.5. The summed E-state index contributed by atoms with van der Waals surface area (Å²) in [5, 5.41) is 7.69. The van der Waals surface area contributed by atoms with Crippen LogP contribution in [-0.4, -0.2) is 25.7 Å². The van der Waals surface area contributed by atoms with Crippen LogP contribution in [0.4, 0.5) is 5.69 Å². The molecule has 0 fully saturated rings. The lowest BCUT2D eigenvalue weighted by atomic mass is 10.1. The van der Waals surface area contributed by atoms with E-state index in [0.29, 0.717) is 11.5 Å². The van der Waals surface area contributed by atoms with Crippen LogP contribution in [0.15, 0.2) is 78.8 Å². The Hall–Kier alpha value is -4.10. The number of carbonyl (C=O) groups excluding carboxylic acids is 1. The molecule has 1 amide bonds. The summed E-state index contributed by atoms with van der Waals surface area (Å²) in [5.74, 6) is 0.572. The number of aryl methyl sites for hydroxylation is 1. The van der Waals surface area contributed by atoms with Crippen LogP contribution < -0.4 is 5.32 Å². The Morgan fingerprint density at radius 2 is 2.00 bits per heavy atom. The van der Waals surface area contributed by atoms with Gasteiger partial charge in [-0.05, 0) is 55.0 Å². The first-order chi connectivity index (χ1) is 16.1. The molecule has 5 aromatic rings. The van der Waals surface area contributed by atoms with Gasteiger partial charge >= 0.3 is 0 Å². The van der Waals surface area contributed by atoms with Crippen LogP contribution in [0.2, 0.25) is 0 Å². The van der Waals surface area contributed by atoms with Gasteiger partial charge in [-0.2, -0.15) is 5.10 Å². The Labute approximate surface area is 195 Å². The maximum atomic E-state index is 12.8. The Bertz CT molecular complexity index is 1480. The number of benzene rings is 2. The SMILES string of the molecule is C=Cc1cccc(NC(=O)Cc2cc(-c3ccc4ncsc4c3)n(-c3cccc(C)n3)n2)c1. The quantitative estimate of drug-likeness (QED) is 0.361. The first-order valence-corrected chi connectivity index (χ1v) is 11.4. The normalized spacial score (nSPS) is 10.9. The highest BCUT2D eigenvalue weighted by atomic mass is 32.1. The Kier molecular flexibility index (Phi) is 5.54. The lowest BCUT2D eigenvalue weighted by molar-refractivity contribution is -0.115. The number of carbonyl (C=O) groups is 1. The Morgan fingerprint density at radius 3 is 2.85 bits per heavy atom. The van der Waals surface area contributed by atoms with E-state index in [4.69, 9.17) is 5.10 Å². The fraction of sp³-hybridized carbons (Fsp3) is 0.0769. The topological polar surface area (TPSA) is 72.7 Å². The highest BCUT2D eigenvalue weighted by Crippen LogP contribution is 2.28. The fourth-order valence-corrected chi connectivity index (χ4v) is 4.39. The van der Waals surface area contributed by atoms with E-state index in [1.165, 1.54) is 0 Å². The van der Waals surface area contributed by atoms with Crippen LogP contribution in [0.25, 0.3) is 33.4 Å². The van der Waals surface area contributed by atoms with E-state index in [0.717, 1.165) is 38.4 Å². The van der Waals surface area contributed by atoms with Gasteiger partial charge in [0, 0.05) is 16.9 Å². The number of hydrogen-bond acceptors (Lipinski definition) is 5. The van der Waals surface area contributed by atoms with Crippen LogP contribution in [0.1, 0.15) is 17.0 Å². The lowest BCUT2D eigenvalue weighted by Gasteiger charge is -2.07. The number of pyridine rings is 1. The number of amides is 1. The molecule has 162 valence electrons. The van der Waals surface area contributed by atoms with E-state index in [9.17, 15) is 4.79 Å². The molecule has 2 aromatic carbocycles. The standard InChI is InChI=1S/C26H21N5OS/c1-3-18-7-5-8-20(12-18)29-26(32)15-21-14-23(19-10-11-22-24(13-19)33-16-27-22)31(30-21)25-9-4-6-17(2)28-25/h3-14,16H,1,15H2,2H3,(H,29,32). The summed E-state index contributed by atoms with van der Waals surface area (Å²) in [6, 6.07) is 21.5. The van der Waals surface area contributed by atoms with Crippen molar-refractivity contribution in [2.45, 2.75) is 13.3 Å². The minimum Gasteiger partial charge on any atom is -0.326 e. The summed E-state index contributed by atoms with van der Waals surface area (Å²) in [7, 11) is 0. The number of hydrogen-bond donors (Lipinski definition) is 1. The Balaban J connectivity index is 1.49. The van der Waals surface area contributed by atoms with Crippen molar-refractivity contribution in [3.63, 3.8) is 0 Å². The van der Waals surface area contributed by atoms with Crippen molar-refractivity contribution in [1.29, 1.82) is 0 Å². The zero-order valence-corrected chi connectivity index (χ0v) is 18.8. The number of thiazole rings is 1. The van der Waals surface area contributed by atoms with Crippen molar-refractivity contribution in [3.05, 3.63) is 95.8 Å². The van der Waals surface area contributed by atoms with Gasteiger partial charge in [-0.3, -0.25) is 4.79 Å². The minimum atomic E-state index is -0.137. The van der Waals surface area contributed by atoms with Gasteiger partial charge in [0.1, 0.15) is 0 Å². The molecule has 5 rings (SSSR count). The van der Waals surface area contributed by atoms with Gasteiger partial charge in [-0.25, -0.2) is 14.6 Å². The average Bonchev–Trinajstić information content (AvgIpc) is 3.45. The molecule has 1 N–H and O–H groups in total. The lowest BCUT2D eigenvalue weighted by Crippen LogP contribution is -2.15. The zero-order chi connectivity index (χ0) is 22.8. The maximum absolute atomic E-state index is 12.8. The first kappa shape index (κ1) is 20.8. The second-order valence-corrected chi connectivity index (χ2v) is 8.55. The summed E-state index contributed by atoms with van der Waals surface area (Å²) in [6.07, 6.45) is 1.89. The van der Waals surface area contributed by atoms with Crippen molar-refractivity contribution in [2.75, 3.05) is 5.32 Å². The number of nitrogens with zero attached hydrogens (tertiary/aromatic N) is 4. The summed E-state index contributed by atoms with van der Waals surface area (Å²) in [4.78, 5) is 21.8. The molecule has 0 radical (unpaired) electrons. The predicted octanol–water partition coefficient (Wildman–Crippen LogP) is 5.68. The molecular weight excluding hydrogens is 430 g/mol. The minimum absolute atomic E-state index is 0.137. The number of aromatic nitrogens is 4. The molecule has 7 heteroatoms. The average molecular weight is 452 g/mol. The molecule has 0 aliphatic rings. The summed E-state index contributed by atoms with van der Waals surface area (Å²) in [6.45, 7) is 5.72. The van der Waals surface area contributed by atoms with Crippen molar-refractivity contribution in [3.8, 4) is 17.1 Å². The molecule has 0 aliphatic heterocycles. The molecule has 0 atom stereocenters. The number of anilines is 1. The van der Waals surface area contributed by atoms with E-state index in [1.54, 1.807) is 22.1 Å². The number of fused-ring (bicyclic) bond motifs is 1. The molecule has 33 heavy (non-hydrogen) atoms. The van der Waals surface area contributed by atoms with Gasteiger partial charge in [0.05, 0.1) is 33.5 Å². The summed E-state index contributed by atoms with van der Waals surface area (Å²) >= 11 is 1.59. The third-order valence-corrected chi connectivity index (χ3v) is 6.02. The van der Waals surface area contributed by atoms with E-state index < -0.39 is 0 Å². The molecule has 0 saturated heterocycles. The highest BCUT2D eigenvalue weighted by Gasteiger charge is 2.16. The third-order valence-electron chi connectivity index (χ3n) is 5.23. The van der Waals surface area contributed by atoms with Gasteiger partial charge in [0.2, 0.25) is 5.91 Å². The fourth-order valence-electron chi connectivity index (χ4n) is 3.67. The van der Waals surface area contributed by atoms with Crippen molar-refractivity contribution >= 4 is 39.2 Å². The molecule has 6 nitrogen and oxygen atoms in total. The van der Waals surface area contributed by atoms with Crippen LogP contribution >= 0.6 is 11.3 Å². The second-order valence-electron chi connectivity index (χ2n) is 7.66. The molecule has 3 aromatic heterocycles. The number of rotatable bonds is 6. The van der Waals surface area contributed by atoms with Gasteiger partial charge in [-0.15, -0.1) is 11.3 Å². The van der Waals surface area contributed by atoms with Crippen molar-refractivity contribution in [1.82, 2.24) is 19.7 Å². The molecule has 0 spiro atoms. The molecule has 0 unspecified atom stereocenters. The monoisotopic (exact) mass is 451 g/mol. The van der Waals surface area contributed by atoms with Gasteiger partial charge in [0.15, 0.2) is 5.82 Å². The van der Waals surface area contributed by atoms with Gasteiger partial charge in [-0.1, -0.05) is 36.9 Å². The third kappa shape index (κ3) is 4.44. The summed E-state index contributed by atoms with van der Waals surface area (Å²) in [5.41, 5.74) is 7.91. The summed E-state index contributed by atoms with van der Waals surface area (Å²) < 4.78 is 2.90. The molecule has 0 bridgehead atoms. The van der Waals surface area contributed by atoms with Crippen molar-refractivity contribution < 1.29 is 4.79 Å². The highest BCUT2D eigenvalue weighted by molar-refractivity contribution is 7.16.